The molecule has 55 heavy (non-hydrogen) atoms. The summed E-state index contributed by atoms with van der Waals surface area (Å²) in [5, 5.41) is 7.45. The van der Waals surface area contributed by atoms with Gasteiger partial charge in [-0.15, -0.1) is 11.3 Å². The summed E-state index contributed by atoms with van der Waals surface area (Å²) < 4.78 is 8.94. The Labute approximate surface area is 322 Å². The summed E-state index contributed by atoms with van der Waals surface area (Å²) in [6, 6.07) is 72.2. The minimum Gasteiger partial charge on any atom is -0.456 e. The maximum Gasteiger partial charge on any atom is 0.136 e. The van der Waals surface area contributed by atoms with Crippen LogP contribution in [0.15, 0.2) is 205 Å². The summed E-state index contributed by atoms with van der Waals surface area (Å²) in [5.41, 5.74) is 12.2. The lowest BCUT2D eigenvalue weighted by Gasteiger charge is -2.26. The minimum absolute atomic E-state index is 0.898. The van der Waals surface area contributed by atoms with E-state index in [0.717, 1.165) is 50.1 Å². The second-order valence-electron chi connectivity index (χ2n) is 14.1. The van der Waals surface area contributed by atoms with Gasteiger partial charge in [-0.25, -0.2) is 0 Å². The molecule has 0 radical (unpaired) electrons. The highest BCUT2D eigenvalue weighted by Crippen LogP contribution is 2.42. The predicted molar refractivity (Wildman–Crippen MR) is 235 cm³/mol. The number of anilines is 3. The number of para-hydroxylation sites is 1. The number of hydrogen-bond donors (Lipinski definition) is 0. The monoisotopic (exact) mass is 719 g/mol. The second-order valence-corrected chi connectivity index (χ2v) is 15.2. The molecule has 0 aliphatic rings. The number of thiophene rings is 1. The van der Waals surface area contributed by atoms with Crippen LogP contribution in [0.5, 0.6) is 0 Å². The normalized spacial score (nSPS) is 11.6. The predicted octanol–water partition coefficient (Wildman–Crippen LogP) is 15.6. The fourth-order valence-electron chi connectivity index (χ4n) is 8.16. The SMILES string of the molecule is c1ccc(-c2ccc(N(c3ccc(-c4ccc5cc6sc7ccccc7c6cc5c4)cc3)c3cccc(-c4cccc5oc6ccccc6c45)c3)cc2)cc1. The molecule has 0 amide bonds. The third-order valence-corrected chi connectivity index (χ3v) is 12.0. The van der Waals surface area contributed by atoms with Crippen LogP contribution in [0.4, 0.5) is 17.1 Å². The van der Waals surface area contributed by atoms with E-state index >= 15 is 0 Å². The minimum atomic E-state index is 0.898. The van der Waals surface area contributed by atoms with Crippen LogP contribution in [0.2, 0.25) is 0 Å². The zero-order valence-electron chi connectivity index (χ0n) is 29.8. The van der Waals surface area contributed by atoms with Crippen LogP contribution in [0, 0.1) is 0 Å². The third kappa shape index (κ3) is 5.48. The summed E-state index contributed by atoms with van der Waals surface area (Å²) in [6.07, 6.45) is 0. The maximum absolute atomic E-state index is 6.27. The molecule has 0 unspecified atom stereocenters. The van der Waals surface area contributed by atoms with Gasteiger partial charge in [0.15, 0.2) is 0 Å². The van der Waals surface area contributed by atoms with Gasteiger partial charge in [0.1, 0.15) is 11.2 Å². The zero-order chi connectivity index (χ0) is 36.3. The van der Waals surface area contributed by atoms with Crippen molar-refractivity contribution in [3.63, 3.8) is 0 Å². The number of fused-ring (bicyclic) bond motifs is 7. The van der Waals surface area contributed by atoms with Crippen molar-refractivity contribution in [2.24, 2.45) is 0 Å². The van der Waals surface area contributed by atoms with Gasteiger partial charge in [0.2, 0.25) is 0 Å². The summed E-state index contributed by atoms with van der Waals surface area (Å²) in [7, 11) is 0. The highest BCUT2D eigenvalue weighted by Gasteiger charge is 2.17. The van der Waals surface area contributed by atoms with Gasteiger partial charge < -0.3 is 9.32 Å². The average molecular weight is 720 g/mol. The number of rotatable bonds is 6. The molecule has 11 aromatic rings. The van der Waals surface area contributed by atoms with E-state index in [-0.39, 0.29) is 0 Å². The molecule has 3 heteroatoms. The lowest BCUT2D eigenvalue weighted by Crippen LogP contribution is -2.10. The first-order valence-electron chi connectivity index (χ1n) is 18.7. The van der Waals surface area contributed by atoms with Crippen molar-refractivity contribution >= 4 is 81.3 Å². The van der Waals surface area contributed by atoms with Gasteiger partial charge in [-0.1, -0.05) is 127 Å². The Bertz CT molecular complexity index is 3190. The van der Waals surface area contributed by atoms with E-state index in [1.165, 1.54) is 53.2 Å². The summed E-state index contributed by atoms with van der Waals surface area (Å²) in [6.45, 7) is 0. The maximum atomic E-state index is 6.27. The standard InChI is InChI=1S/C52H33NOS/c1-2-10-34(11-3-1)35-22-26-41(27-23-35)53(43-13-8-12-39(31-43)44-16-9-18-49-52(44)46-15-4-6-17-48(46)54-49)42-28-24-36(25-29-42)37-20-21-38-33-51-47(32-40(38)30-37)45-14-5-7-19-50(45)55-51/h1-33H. The zero-order valence-corrected chi connectivity index (χ0v) is 30.6. The van der Waals surface area contributed by atoms with Gasteiger partial charge in [-0.05, 0) is 117 Å². The Morgan fingerprint density at radius 3 is 1.80 bits per heavy atom. The van der Waals surface area contributed by atoms with E-state index < -0.39 is 0 Å². The fourth-order valence-corrected chi connectivity index (χ4v) is 9.30. The first-order valence-corrected chi connectivity index (χ1v) is 19.5. The topological polar surface area (TPSA) is 16.4 Å². The summed E-state index contributed by atoms with van der Waals surface area (Å²) >= 11 is 1.87. The molecule has 0 spiro atoms. The Balaban J connectivity index is 1.01. The fraction of sp³-hybridized carbons (Fsp3) is 0. The lowest BCUT2D eigenvalue weighted by molar-refractivity contribution is 0.669. The molecule has 9 aromatic carbocycles. The van der Waals surface area contributed by atoms with E-state index in [1.807, 2.05) is 23.5 Å². The highest BCUT2D eigenvalue weighted by molar-refractivity contribution is 7.25. The number of benzene rings is 9. The molecule has 0 aliphatic carbocycles. The van der Waals surface area contributed by atoms with Crippen molar-refractivity contribution in [1.29, 1.82) is 0 Å². The van der Waals surface area contributed by atoms with E-state index in [0.29, 0.717) is 0 Å². The van der Waals surface area contributed by atoms with Gasteiger partial charge in [-0.3, -0.25) is 0 Å². The van der Waals surface area contributed by atoms with Gasteiger partial charge in [0.25, 0.3) is 0 Å². The Morgan fingerprint density at radius 2 is 0.982 bits per heavy atom. The lowest BCUT2D eigenvalue weighted by atomic mass is 9.98. The molecule has 2 aromatic heterocycles. The molecule has 258 valence electrons. The molecule has 0 atom stereocenters. The molecule has 2 heterocycles. The van der Waals surface area contributed by atoms with Crippen LogP contribution in [0.3, 0.4) is 0 Å². The molecule has 11 rings (SSSR count). The molecule has 0 aliphatic heterocycles. The molecule has 2 nitrogen and oxygen atoms in total. The second kappa shape index (κ2) is 12.9. The first kappa shape index (κ1) is 31.6. The largest absolute Gasteiger partial charge is 0.456 e. The first-order chi connectivity index (χ1) is 27.2. The Kier molecular flexibility index (Phi) is 7.39. The molecule has 0 saturated heterocycles. The van der Waals surface area contributed by atoms with Crippen LogP contribution in [-0.2, 0) is 0 Å². The van der Waals surface area contributed by atoms with Crippen LogP contribution in [0.25, 0.3) is 86.3 Å². The van der Waals surface area contributed by atoms with Crippen LogP contribution in [0.1, 0.15) is 0 Å². The van der Waals surface area contributed by atoms with Crippen molar-refractivity contribution in [1.82, 2.24) is 0 Å². The third-order valence-electron chi connectivity index (χ3n) is 10.8. The molecular weight excluding hydrogens is 687 g/mol. The van der Waals surface area contributed by atoms with Crippen LogP contribution >= 0.6 is 11.3 Å². The molecule has 0 bridgehead atoms. The van der Waals surface area contributed by atoms with Gasteiger partial charge in [0.05, 0.1) is 0 Å². The molecule has 0 fully saturated rings. The van der Waals surface area contributed by atoms with Crippen molar-refractivity contribution in [2.75, 3.05) is 4.90 Å². The van der Waals surface area contributed by atoms with Crippen molar-refractivity contribution in [2.45, 2.75) is 0 Å². The highest BCUT2D eigenvalue weighted by atomic mass is 32.1. The Hall–Kier alpha value is -6.94. The van der Waals surface area contributed by atoms with Crippen LogP contribution in [-0.4, -0.2) is 0 Å². The quantitative estimate of drug-likeness (QED) is 0.170. The number of furan rings is 1. The Morgan fingerprint density at radius 1 is 0.345 bits per heavy atom. The molecule has 0 N–H and O–H groups in total. The van der Waals surface area contributed by atoms with E-state index in [4.69, 9.17) is 4.42 Å². The van der Waals surface area contributed by atoms with Crippen molar-refractivity contribution < 1.29 is 4.42 Å². The van der Waals surface area contributed by atoms with Crippen molar-refractivity contribution in [3.05, 3.63) is 200 Å². The van der Waals surface area contributed by atoms with E-state index in [1.54, 1.807) is 0 Å². The van der Waals surface area contributed by atoms with E-state index in [2.05, 4.69) is 193 Å². The summed E-state index contributed by atoms with van der Waals surface area (Å²) in [5.74, 6) is 0. The number of nitrogens with zero attached hydrogens (tertiary/aromatic N) is 1. The molecule has 0 saturated carbocycles. The summed E-state index contributed by atoms with van der Waals surface area (Å²) in [4.78, 5) is 2.36. The average Bonchev–Trinajstić information content (AvgIpc) is 3.82. The van der Waals surface area contributed by atoms with Crippen LogP contribution < -0.4 is 4.90 Å². The van der Waals surface area contributed by atoms with Gasteiger partial charge in [0, 0.05) is 48.0 Å². The number of hydrogen-bond acceptors (Lipinski definition) is 3. The van der Waals surface area contributed by atoms with Gasteiger partial charge >= 0.3 is 0 Å². The van der Waals surface area contributed by atoms with Gasteiger partial charge in [-0.2, -0.15) is 0 Å². The smallest absolute Gasteiger partial charge is 0.136 e. The van der Waals surface area contributed by atoms with E-state index in [9.17, 15) is 0 Å². The molecular formula is C52H33NOS. The van der Waals surface area contributed by atoms with Crippen molar-refractivity contribution in [3.8, 4) is 33.4 Å².